The van der Waals surface area contributed by atoms with Crippen LogP contribution in [0.4, 0.5) is 0 Å². The molecule has 2 aromatic rings. The largest absolute Gasteiger partial charge is 0.319 e. The van der Waals surface area contributed by atoms with Crippen molar-refractivity contribution in [3.8, 4) is 17.2 Å². The van der Waals surface area contributed by atoms with E-state index in [1.165, 1.54) is 35.1 Å². The van der Waals surface area contributed by atoms with E-state index in [4.69, 9.17) is 5.26 Å². The molecular weight excluding hydrogens is 256 g/mol. The van der Waals surface area contributed by atoms with E-state index in [-0.39, 0.29) is 0 Å². The molecule has 0 spiro atoms. The van der Waals surface area contributed by atoms with E-state index in [0.717, 1.165) is 18.5 Å². The minimum Gasteiger partial charge on any atom is -0.319 e. The van der Waals surface area contributed by atoms with Crippen molar-refractivity contribution in [3.63, 3.8) is 0 Å². The standard InChI is InChI=1S/C19H20N2/c1-21-13-16-4-2-7-19-17(5-3-6-18(16)19)15-10-8-14(12-20)9-11-15/h3,5-6,8-11,16,21H,2,4,7,13H2,1H3/t16-/m0/s1. The average Bonchev–Trinajstić information content (AvgIpc) is 2.55. The number of nitriles is 1. The highest BCUT2D eigenvalue weighted by Crippen LogP contribution is 2.37. The molecule has 0 radical (unpaired) electrons. The van der Waals surface area contributed by atoms with Gasteiger partial charge in [-0.15, -0.1) is 0 Å². The van der Waals surface area contributed by atoms with Crippen LogP contribution in [-0.4, -0.2) is 13.6 Å². The van der Waals surface area contributed by atoms with E-state index in [2.05, 4.69) is 41.7 Å². The second-order valence-electron chi connectivity index (χ2n) is 5.71. The topological polar surface area (TPSA) is 35.8 Å². The summed E-state index contributed by atoms with van der Waals surface area (Å²) in [5, 5.41) is 12.2. The number of nitrogens with zero attached hydrogens (tertiary/aromatic N) is 1. The zero-order valence-corrected chi connectivity index (χ0v) is 12.4. The zero-order chi connectivity index (χ0) is 14.7. The van der Waals surface area contributed by atoms with Crippen LogP contribution < -0.4 is 5.32 Å². The Kier molecular flexibility index (Phi) is 4.03. The lowest BCUT2D eigenvalue weighted by atomic mass is 9.79. The minimum atomic E-state index is 0.622. The van der Waals surface area contributed by atoms with E-state index in [1.807, 2.05) is 19.2 Å². The van der Waals surface area contributed by atoms with E-state index in [1.54, 1.807) is 0 Å². The van der Waals surface area contributed by atoms with Crippen LogP contribution >= 0.6 is 0 Å². The number of nitrogens with one attached hydrogen (secondary N) is 1. The lowest BCUT2D eigenvalue weighted by Crippen LogP contribution is -2.21. The van der Waals surface area contributed by atoms with Crippen LogP contribution in [0.5, 0.6) is 0 Å². The van der Waals surface area contributed by atoms with Crippen molar-refractivity contribution < 1.29 is 0 Å². The SMILES string of the molecule is CNC[C@@H]1CCCc2c(-c3ccc(C#N)cc3)cccc21. The quantitative estimate of drug-likeness (QED) is 0.924. The fraction of sp³-hybridized carbons (Fsp3) is 0.316. The number of benzene rings is 2. The molecule has 0 amide bonds. The molecule has 1 N–H and O–H groups in total. The molecule has 2 heteroatoms. The molecule has 0 saturated heterocycles. The third kappa shape index (κ3) is 2.70. The number of hydrogen-bond acceptors (Lipinski definition) is 2. The summed E-state index contributed by atoms with van der Waals surface area (Å²) in [5.41, 5.74) is 6.26. The Balaban J connectivity index is 2.03. The first-order valence-corrected chi connectivity index (χ1v) is 7.60. The summed E-state index contributed by atoms with van der Waals surface area (Å²) < 4.78 is 0. The van der Waals surface area contributed by atoms with Gasteiger partial charge in [0.05, 0.1) is 11.6 Å². The molecule has 21 heavy (non-hydrogen) atoms. The molecule has 1 aliphatic rings. The number of likely N-dealkylation sites (N-methyl/N-ethyl adjacent to an activating group) is 1. The maximum atomic E-state index is 8.93. The molecule has 3 rings (SSSR count). The van der Waals surface area contributed by atoms with Gasteiger partial charge in [-0.3, -0.25) is 0 Å². The number of hydrogen-bond donors (Lipinski definition) is 1. The molecule has 0 bridgehead atoms. The number of fused-ring (bicyclic) bond motifs is 1. The fourth-order valence-electron chi connectivity index (χ4n) is 3.40. The van der Waals surface area contributed by atoms with Gasteiger partial charge in [0.25, 0.3) is 0 Å². The smallest absolute Gasteiger partial charge is 0.0991 e. The van der Waals surface area contributed by atoms with Crippen LogP contribution in [-0.2, 0) is 6.42 Å². The monoisotopic (exact) mass is 276 g/mol. The Morgan fingerprint density at radius 3 is 2.71 bits per heavy atom. The number of rotatable bonds is 3. The van der Waals surface area contributed by atoms with Gasteiger partial charge in [-0.1, -0.05) is 30.3 Å². The molecule has 0 heterocycles. The Labute approximate surface area is 126 Å². The zero-order valence-electron chi connectivity index (χ0n) is 12.4. The van der Waals surface area contributed by atoms with Gasteiger partial charge in [0.2, 0.25) is 0 Å². The first kappa shape index (κ1) is 13.9. The minimum absolute atomic E-state index is 0.622. The second-order valence-corrected chi connectivity index (χ2v) is 5.71. The van der Waals surface area contributed by atoms with Crippen LogP contribution in [0.3, 0.4) is 0 Å². The normalized spacial score (nSPS) is 17.0. The summed E-state index contributed by atoms with van der Waals surface area (Å²) in [7, 11) is 2.03. The van der Waals surface area contributed by atoms with Gasteiger partial charge < -0.3 is 5.32 Å². The Morgan fingerprint density at radius 1 is 1.19 bits per heavy atom. The van der Waals surface area contributed by atoms with Gasteiger partial charge in [-0.05, 0) is 66.6 Å². The van der Waals surface area contributed by atoms with Crippen molar-refractivity contribution >= 4 is 0 Å². The fourth-order valence-corrected chi connectivity index (χ4v) is 3.40. The van der Waals surface area contributed by atoms with Gasteiger partial charge >= 0.3 is 0 Å². The predicted molar refractivity (Wildman–Crippen MR) is 86.2 cm³/mol. The van der Waals surface area contributed by atoms with Gasteiger partial charge in [0.15, 0.2) is 0 Å². The Morgan fingerprint density at radius 2 is 2.00 bits per heavy atom. The molecule has 106 valence electrons. The van der Waals surface area contributed by atoms with Crippen LogP contribution in [0.25, 0.3) is 11.1 Å². The second kappa shape index (κ2) is 6.11. The summed E-state index contributed by atoms with van der Waals surface area (Å²) in [6.07, 6.45) is 3.68. The van der Waals surface area contributed by atoms with Gasteiger partial charge in [-0.25, -0.2) is 0 Å². The molecule has 1 aliphatic carbocycles. The van der Waals surface area contributed by atoms with E-state index < -0.39 is 0 Å². The molecule has 0 aromatic heterocycles. The van der Waals surface area contributed by atoms with Crippen molar-refractivity contribution in [3.05, 3.63) is 59.2 Å². The summed E-state index contributed by atoms with van der Waals surface area (Å²) in [6.45, 7) is 1.05. The van der Waals surface area contributed by atoms with Crippen molar-refractivity contribution in [1.82, 2.24) is 5.32 Å². The highest BCUT2D eigenvalue weighted by Gasteiger charge is 2.21. The van der Waals surface area contributed by atoms with Crippen LogP contribution in [0, 0.1) is 11.3 Å². The molecule has 1 atom stereocenters. The lowest BCUT2D eigenvalue weighted by Gasteiger charge is -2.27. The van der Waals surface area contributed by atoms with Crippen molar-refractivity contribution in [2.24, 2.45) is 0 Å². The lowest BCUT2D eigenvalue weighted by molar-refractivity contribution is 0.529. The van der Waals surface area contributed by atoms with Gasteiger partial charge in [-0.2, -0.15) is 5.26 Å². The third-order valence-corrected chi connectivity index (χ3v) is 4.41. The summed E-state index contributed by atoms with van der Waals surface area (Å²) in [6, 6.07) is 16.8. The van der Waals surface area contributed by atoms with Crippen molar-refractivity contribution in [2.45, 2.75) is 25.2 Å². The molecule has 0 unspecified atom stereocenters. The van der Waals surface area contributed by atoms with Gasteiger partial charge in [0.1, 0.15) is 0 Å². The van der Waals surface area contributed by atoms with E-state index >= 15 is 0 Å². The molecule has 2 nitrogen and oxygen atoms in total. The third-order valence-electron chi connectivity index (χ3n) is 4.41. The van der Waals surface area contributed by atoms with Crippen molar-refractivity contribution in [2.75, 3.05) is 13.6 Å². The highest BCUT2D eigenvalue weighted by molar-refractivity contribution is 5.70. The van der Waals surface area contributed by atoms with Gasteiger partial charge in [0, 0.05) is 6.54 Å². The molecule has 0 aliphatic heterocycles. The maximum Gasteiger partial charge on any atom is 0.0991 e. The molecule has 0 fully saturated rings. The molecular formula is C19H20N2. The summed E-state index contributed by atoms with van der Waals surface area (Å²) in [5.74, 6) is 0.622. The first-order chi connectivity index (χ1) is 10.3. The van der Waals surface area contributed by atoms with Crippen molar-refractivity contribution in [1.29, 1.82) is 5.26 Å². The maximum absolute atomic E-state index is 8.93. The van der Waals surface area contributed by atoms with Crippen LogP contribution in [0.15, 0.2) is 42.5 Å². The van der Waals surface area contributed by atoms with E-state index in [9.17, 15) is 0 Å². The highest BCUT2D eigenvalue weighted by atomic mass is 14.8. The van der Waals surface area contributed by atoms with E-state index in [0.29, 0.717) is 5.92 Å². The first-order valence-electron chi connectivity index (χ1n) is 7.60. The summed E-state index contributed by atoms with van der Waals surface area (Å²) >= 11 is 0. The Bertz CT molecular complexity index is 665. The summed E-state index contributed by atoms with van der Waals surface area (Å²) in [4.78, 5) is 0. The van der Waals surface area contributed by atoms with Crippen LogP contribution in [0.1, 0.15) is 35.4 Å². The van der Waals surface area contributed by atoms with Crippen LogP contribution in [0.2, 0.25) is 0 Å². The predicted octanol–water partition coefficient (Wildman–Crippen LogP) is 3.86. The Hall–Kier alpha value is -2.11. The molecule has 0 saturated carbocycles. The molecule has 2 aromatic carbocycles. The average molecular weight is 276 g/mol.